The van der Waals surface area contributed by atoms with Gasteiger partial charge in [0.1, 0.15) is 0 Å². The first-order valence-corrected chi connectivity index (χ1v) is 10.0. The molecule has 0 aliphatic rings. The fraction of sp³-hybridized carbons (Fsp3) is 0.455. The second kappa shape index (κ2) is 12.7. The van der Waals surface area contributed by atoms with Crippen LogP contribution in [0.3, 0.4) is 0 Å². The van der Waals surface area contributed by atoms with E-state index in [-0.39, 0.29) is 12.5 Å². The lowest BCUT2D eigenvalue weighted by Crippen LogP contribution is -2.39. The highest BCUT2D eigenvalue weighted by molar-refractivity contribution is 5.79. The molecule has 28 heavy (non-hydrogen) atoms. The number of unbranched alkanes of at least 4 members (excludes halogenated alkanes) is 1. The Bertz CT molecular complexity index is 707. The third-order valence-electron chi connectivity index (χ3n) is 4.35. The molecule has 0 spiro atoms. The summed E-state index contributed by atoms with van der Waals surface area (Å²) in [6.45, 7) is 6.73. The second-order valence-electron chi connectivity index (χ2n) is 6.54. The summed E-state index contributed by atoms with van der Waals surface area (Å²) in [7, 11) is 0. The van der Waals surface area contributed by atoms with Crippen molar-refractivity contribution < 1.29 is 9.84 Å². The first kappa shape index (κ1) is 21.7. The lowest BCUT2D eigenvalue weighted by Gasteiger charge is -2.18. The van der Waals surface area contributed by atoms with Gasteiger partial charge in [-0.3, -0.25) is 0 Å². The van der Waals surface area contributed by atoms with E-state index < -0.39 is 0 Å². The number of rotatable bonds is 11. The van der Waals surface area contributed by atoms with Crippen molar-refractivity contribution in [3.63, 3.8) is 0 Å². The van der Waals surface area contributed by atoms with Gasteiger partial charge in [0.2, 0.25) is 5.88 Å². The molecule has 0 saturated heterocycles. The predicted molar refractivity (Wildman–Crippen MR) is 114 cm³/mol. The number of ether oxygens (including phenoxy) is 1. The van der Waals surface area contributed by atoms with Crippen LogP contribution in [-0.4, -0.2) is 42.4 Å². The molecule has 1 atom stereocenters. The van der Waals surface area contributed by atoms with Crippen LogP contribution in [0.2, 0.25) is 0 Å². The quantitative estimate of drug-likeness (QED) is 0.315. The molecule has 152 valence electrons. The van der Waals surface area contributed by atoms with Crippen molar-refractivity contribution in [2.75, 3.05) is 26.3 Å². The Labute approximate surface area is 168 Å². The van der Waals surface area contributed by atoms with E-state index in [2.05, 4.69) is 27.5 Å². The molecule has 0 radical (unpaired) electrons. The van der Waals surface area contributed by atoms with Gasteiger partial charge in [-0.1, -0.05) is 49.7 Å². The number of hydrogen-bond donors (Lipinski definition) is 3. The Balaban J connectivity index is 2.00. The van der Waals surface area contributed by atoms with Crippen LogP contribution >= 0.6 is 0 Å². The highest BCUT2D eigenvalue weighted by Crippen LogP contribution is 2.16. The van der Waals surface area contributed by atoms with E-state index in [1.807, 2.05) is 49.4 Å². The van der Waals surface area contributed by atoms with Gasteiger partial charge in [-0.05, 0) is 25.0 Å². The van der Waals surface area contributed by atoms with E-state index in [1.54, 1.807) is 6.20 Å². The summed E-state index contributed by atoms with van der Waals surface area (Å²) in [5, 5.41) is 16.3. The number of nitrogens with one attached hydrogen (secondary N) is 2. The zero-order chi connectivity index (χ0) is 20.0. The molecule has 0 amide bonds. The minimum absolute atomic E-state index is 0.0105. The van der Waals surface area contributed by atoms with E-state index in [1.165, 1.54) is 0 Å². The van der Waals surface area contributed by atoms with Gasteiger partial charge in [0.15, 0.2) is 5.96 Å². The molecular formula is C22H32N4O2. The standard InChI is InChI=1S/C22H32N4O2/c1-3-5-14-28-21-19(12-9-13-24-21)15-25-22(23-4-2)26-16-20(17-27)18-10-7-6-8-11-18/h6-13,20,27H,3-5,14-17H2,1-2H3,(H2,23,25,26). The smallest absolute Gasteiger partial charge is 0.218 e. The first-order valence-electron chi connectivity index (χ1n) is 10.0. The SMILES string of the molecule is CCCCOc1ncccc1CN=C(NCC)NCC(CO)c1ccccc1. The van der Waals surface area contributed by atoms with Gasteiger partial charge in [0.05, 0.1) is 19.8 Å². The van der Waals surface area contributed by atoms with Crippen LogP contribution in [0.1, 0.15) is 43.7 Å². The van der Waals surface area contributed by atoms with Crippen molar-refractivity contribution in [1.82, 2.24) is 15.6 Å². The number of pyridine rings is 1. The van der Waals surface area contributed by atoms with Gasteiger partial charge >= 0.3 is 0 Å². The maximum atomic E-state index is 9.74. The molecule has 3 N–H and O–H groups in total. The van der Waals surface area contributed by atoms with Crippen molar-refractivity contribution >= 4 is 5.96 Å². The fourth-order valence-electron chi connectivity index (χ4n) is 2.73. The summed E-state index contributed by atoms with van der Waals surface area (Å²) >= 11 is 0. The van der Waals surface area contributed by atoms with Crippen molar-refractivity contribution in [2.45, 2.75) is 39.2 Å². The molecule has 1 heterocycles. The minimum Gasteiger partial charge on any atom is -0.477 e. The molecule has 6 nitrogen and oxygen atoms in total. The number of aliphatic hydroxyl groups excluding tert-OH is 1. The Morgan fingerprint density at radius 2 is 1.96 bits per heavy atom. The summed E-state index contributed by atoms with van der Waals surface area (Å²) in [5.41, 5.74) is 2.06. The molecule has 0 fully saturated rings. The van der Waals surface area contributed by atoms with Gasteiger partial charge < -0.3 is 20.5 Å². The third-order valence-corrected chi connectivity index (χ3v) is 4.35. The highest BCUT2D eigenvalue weighted by Gasteiger charge is 2.11. The van der Waals surface area contributed by atoms with Crippen molar-refractivity contribution in [3.05, 3.63) is 59.8 Å². The lowest BCUT2D eigenvalue weighted by molar-refractivity contribution is 0.265. The van der Waals surface area contributed by atoms with Crippen molar-refractivity contribution in [2.24, 2.45) is 4.99 Å². The molecule has 2 rings (SSSR count). The Morgan fingerprint density at radius 1 is 1.14 bits per heavy atom. The van der Waals surface area contributed by atoms with Gasteiger partial charge in [-0.15, -0.1) is 0 Å². The number of hydrogen-bond acceptors (Lipinski definition) is 4. The van der Waals surface area contributed by atoms with Crippen LogP contribution in [0.5, 0.6) is 5.88 Å². The lowest BCUT2D eigenvalue weighted by atomic mass is 10.0. The Hall–Kier alpha value is -2.60. The summed E-state index contributed by atoms with van der Waals surface area (Å²) in [6.07, 6.45) is 3.83. The normalized spacial score (nSPS) is 12.5. The summed E-state index contributed by atoms with van der Waals surface area (Å²) < 4.78 is 5.79. The molecule has 1 unspecified atom stereocenters. The Morgan fingerprint density at radius 3 is 2.68 bits per heavy atom. The monoisotopic (exact) mass is 384 g/mol. The minimum atomic E-state index is 0.0105. The molecule has 1 aromatic carbocycles. The average Bonchev–Trinajstić information content (AvgIpc) is 2.74. The Kier molecular flexibility index (Phi) is 9.86. The average molecular weight is 385 g/mol. The number of nitrogens with zero attached hydrogens (tertiary/aromatic N) is 2. The number of aliphatic hydroxyl groups is 1. The summed E-state index contributed by atoms with van der Waals surface area (Å²) in [5.74, 6) is 1.37. The number of benzene rings is 1. The molecule has 0 aliphatic heterocycles. The van der Waals surface area contributed by atoms with E-state index in [4.69, 9.17) is 4.74 Å². The van der Waals surface area contributed by atoms with Crippen molar-refractivity contribution in [1.29, 1.82) is 0 Å². The van der Waals surface area contributed by atoms with Crippen LogP contribution in [-0.2, 0) is 6.54 Å². The predicted octanol–water partition coefficient (Wildman–Crippen LogP) is 3.09. The van der Waals surface area contributed by atoms with E-state index in [9.17, 15) is 5.11 Å². The van der Waals surface area contributed by atoms with E-state index >= 15 is 0 Å². The molecule has 6 heteroatoms. The van der Waals surface area contributed by atoms with Gasteiger partial charge in [0, 0.05) is 30.8 Å². The maximum Gasteiger partial charge on any atom is 0.218 e. The molecule has 0 aliphatic carbocycles. The maximum absolute atomic E-state index is 9.74. The third kappa shape index (κ3) is 7.19. The van der Waals surface area contributed by atoms with E-state index in [0.29, 0.717) is 31.5 Å². The van der Waals surface area contributed by atoms with Gasteiger partial charge in [-0.2, -0.15) is 0 Å². The van der Waals surface area contributed by atoms with Crippen molar-refractivity contribution in [3.8, 4) is 5.88 Å². The molecule has 1 aromatic heterocycles. The summed E-state index contributed by atoms with van der Waals surface area (Å²) in [6, 6.07) is 13.9. The van der Waals surface area contributed by atoms with Crippen LogP contribution < -0.4 is 15.4 Å². The molecule has 0 saturated carbocycles. The number of aliphatic imine (C=N–C) groups is 1. The molecular weight excluding hydrogens is 352 g/mol. The van der Waals surface area contributed by atoms with Crippen LogP contribution in [0, 0.1) is 0 Å². The van der Waals surface area contributed by atoms with Crippen LogP contribution in [0.15, 0.2) is 53.7 Å². The van der Waals surface area contributed by atoms with Gasteiger partial charge in [0.25, 0.3) is 0 Å². The van der Waals surface area contributed by atoms with Crippen LogP contribution in [0.4, 0.5) is 0 Å². The fourth-order valence-corrected chi connectivity index (χ4v) is 2.73. The number of guanidine groups is 1. The zero-order valence-electron chi connectivity index (χ0n) is 16.9. The highest BCUT2D eigenvalue weighted by atomic mass is 16.5. The molecule has 2 aromatic rings. The first-order chi connectivity index (χ1) is 13.8. The topological polar surface area (TPSA) is 78.8 Å². The molecule has 0 bridgehead atoms. The largest absolute Gasteiger partial charge is 0.477 e. The second-order valence-corrected chi connectivity index (χ2v) is 6.54. The van der Waals surface area contributed by atoms with E-state index in [0.717, 1.165) is 30.5 Å². The van der Waals surface area contributed by atoms with Gasteiger partial charge in [-0.25, -0.2) is 9.98 Å². The summed E-state index contributed by atoms with van der Waals surface area (Å²) in [4.78, 5) is 9.00. The van der Waals surface area contributed by atoms with Crippen LogP contribution in [0.25, 0.3) is 0 Å². The zero-order valence-corrected chi connectivity index (χ0v) is 16.9. The number of aromatic nitrogens is 1.